The maximum absolute atomic E-state index is 2.47. The Balaban J connectivity index is 0.000000191. The second kappa shape index (κ2) is 21.2. The van der Waals surface area contributed by atoms with Crippen molar-refractivity contribution >= 4 is 27.0 Å². The van der Waals surface area contributed by atoms with Crippen LogP contribution in [-0.2, 0) is 36.2 Å². The Labute approximate surface area is 412 Å². The fourth-order valence-electron chi connectivity index (χ4n) is 9.79. The average molecular weight is 975 g/mol. The van der Waals surface area contributed by atoms with Crippen molar-refractivity contribution in [1.29, 1.82) is 0 Å². The zero-order chi connectivity index (χ0) is 43.8. The molecule has 0 saturated heterocycles. The van der Waals surface area contributed by atoms with Crippen molar-refractivity contribution < 1.29 is 48.1 Å². The summed E-state index contributed by atoms with van der Waals surface area (Å²) in [6, 6.07) is 46.8. The molecule has 0 bridgehead atoms. The van der Waals surface area contributed by atoms with E-state index in [1.54, 1.807) is 23.3 Å². The third-order valence-electron chi connectivity index (χ3n) is 12.5. The summed E-state index contributed by atoms with van der Waals surface area (Å²) in [5.41, 5.74) is 24.7. The number of benzene rings is 6. The monoisotopic (exact) mass is 972 g/mol. The first kappa shape index (κ1) is 49.6. The minimum absolute atomic E-state index is 0. The quantitative estimate of drug-likeness (QED) is 0.105. The van der Waals surface area contributed by atoms with Crippen LogP contribution in [-0.4, -0.2) is 5.43 Å². The topological polar surface area (TPSA) is 0 Å². The number of hydrogen-bond donors (Lipinski definition) is 0. The minimum Gasteiger partial charge on any atom is -1.00 e. The molecule has 328 valence electrons. The van der Waals surface area contributed by atoms with Gasteiger partial charge in [0.25, 0.3) is 0 Å². The Morgan fingerprint density at radius 2 is 0.641 bits per heavy atom. The van der Waals surface area contributed by atoms with E-state index in [4.69, 9.17) is 0 Å². The zero-order valence-electron chi connectivity index (χ0n) is 39.7. The standard InChI is InChI=1S/2C29H29.C2H6Si.2ClH.Zr/c2*1-18-9-19(2)12-24(11-18)26-7-8-27(25-13-20(3)10-21(4)14-25)29-17-23(16-28(26)29)15-22-5-6-22;1-3-2;;;/h2*7-14,16-17,22H,5-6,15H2,1-4H3;1-2H3;2*1H;/q2*-1;;;;+2/p-2. The molecule has 0 spiro atoms. The van der Waals surface area contributed by atoms with Crippen molar-refractivity contribution in [3.8, 4) is 44.5 Å². The minimum atomic E-state index is 0. The van der Waals surface area contributed by atoms with Crippen molar-refractivity contribution in [1.82, 2.24) is 0 Å². The molecule has 0 aromatic heterocycles. The molecular formula is C60H64Cl2SiZr-2. The number of fused-ring (bicyclic) bond motifs is 2. The Bertz CT molecular complexity index is 2490. The fourth-order valence-corrected chi connectivity index (χ4v) is 9.79. The first-order valence-corrected chi connectivity index (χ1v) is 29.2. The first-order chi connectivity index (χ1) is 29.6. The second-order valence-electron chi connectivity index (χ2n) is 19.5. The zero-order valence-corrected chi connectivity index (χ0v) is 44.7. The van der Waals surface area contributed by atoms with E-state index in [0.29, 0.717) is 0 Å². The van der Waals surface area contributed by atoms with Crippen LogP contribution in [0.1, 0.15) is 81.3 Å². The van der Waals surface area contributed by atoms with E-state index in [0.717, 1.165) is 11.8 Å². The van der Waals surface area contributed by atoms with Gasteiger partial charge in [-0.25, -0.2) is 0 Å². The molecule has 0 unspecified atom stereocenters. The molecule has 0 heterocycles. The van der Waals surface area contributed by atoms with Crippen LogP contribution in [0.15, 0.2) is 121 Å². The van der Waals surface area contributed by atoms with Crippen LogP contribution in [0, 0.1) is 67.2 Å². The largest absolute Gasteiger partial charge is 1.00 e. The summed E-state index contributed by atoms with van der Waals surface area (Å²) < 4.78 is 0. The van der Waals surface area contributed by atoms with Crippen molar-refractivity contribution in [3.05, 3.63) is 177 Å². The molecule has 2 aliphatic rings. The Morgan fingerprint density at radius 3 is 0.891 bits per heavy atom. The number of rotatable bonds is 8. The molecule has 8 aromatic carbocycles. The summed E-state index contributed by atoms with van der Waals surface area (Å²) in [6.07, 6.45) is 8.05. The van der Waals surface area contributed by atoms with E-state index in [1.807, 2.05) is 0 Å². The molecule has 8 aromatic rings. The van der Waals surface area contributed by atoms with Gasteiger partial charge < -0.3 is 24.8 Å². The van der Waals surface area contributed by atoms with Crippen LogP contribution < -0.4 is 24.8 Å². The Kier molecular flexibility index (Phi) is 16.5. The van der Waals surface area contributed by atoms with Crippen molar-refractivity contribution in [3.63, 3.8) is 0 Å². The van der Waals surface area contributed by atoms with Gasteiger partial charge in [-0.2, -0.15) is 12.1 Å². The van der Waals surface area contributed by atoms with Crippen LogP contribution >= 0.6 is 0 Å². The molecule has 0 atom stereocenters. The van der Waals surface area contributed by atoms with Gasteiger partial charge in [-0.05, 0) is 117 Å². The Hall–Kier alpha value is -3.78. The molecule has 0 amide bonds. The van der Waals surface area contributed by atoms with E-state index in [2.05, 4.69) is 190 Å². The molecular weight excluding hydrogens is 911 g/mol. The van der Waals surface area contributed by atoms with E-state index in [9.17, 15) is 0 Å². The molecule has 10 rings (SSSR count). The van der Waals surface area contributed by atoms with Gasteiger partial charge in [0, 0.05) is 0 Å². The van der Waals surface area contributed by atoms with Crippen molar-refractivity contribution in [2.75, 3.05) is 0 Å². The molecule has 2 fully saturated rings. The van der Waals surface area contributed by atoms with Gasteiger partial charge in [-0.3, -0.25) is 0 Å². The third kappa shape index (κ3) is 12.4. The molecule has 0 aliphatic heterocycles. The third-order valence-corrected chi connectivity index (χ3v) is 12.5. The summed E-state index contributed by atoms with van der Waals surface area (Å²) in [6.45, 7) is 22.2. The van der Waals surface area contributed by atoms with E-state index in [1.165, 1.54) is 160 Å². The van der Waals surface area contributed by atoms with Crippen LogP contribution in [0.3, 0.4) is 0 Å². The molecule has 0 N–H and O–H groups in total. The summed E-state index contributed by atoms with van der Waals surface area (Å²) in [5.74, 6) is 1.81. The van der Waals surface area contributed by atoms with Crippen LogP contribution in [0.4, 0.5) is 0 Å². The van der Waals surface area contributed by atoms with E-state index >= 15 is 0 Å². The van der Waals surface area contributed by atoms with Gasteiger partial charge in [0.05, 0.1) is 0 Å². The molecule has 0 radical (unpaired) electrons. The number of aryl methyl sites for hydroxylation is 8. The predicted octanol–water partition coefficient (Wildman–Crippen LogP) is 11.0. The van der Waals surface area contributed by atoms with E-state index in [-0.39, 0.29) is 30.2 Å². The van der Waals surface area contributed by atoms with Gasteiger partial charge in [0.1, 0.15) is 0 Å². The first-order valence-electron chi connectivity index (χ1n) is 23.0. The van der Waals surface area contributed by atoms with Gasteiger partial charge >= 0.3 is 41.9 Å². The molecule has 0 nitrogen and oxygen atoms in total. The molecule has 2 aliphatic carbocycles. The SMILES string of the molecule is C[Si](C)=[Zr+2].Cc1cc(C)cc(-c2ccc(-c3cc(C)cc(C)c3)c3[cH-]c(CC4CC4)cc23)c1.Cc1cc(C)cc(-c2ccc(-c3cc(C)cc(C)c3)c3[cH-]c(CC4CC4)cc23)c1.[Cl-].[Cl-]. The smallest absolute Gasteiger partial charge is 0.0274 e. The van der Waals surface area contributed by atoms with Crippen molar-refractivity contribution in [2.45, 2.75) is 107 Å². The normalized spacial score (nSPS) is 13.1. The maximum Gasteiger partial charge on any atom is -0.0274 e. The van der Waals surface area contributed by atoms with Crippen LogP contribution in [0.5, 0.6) is 0 Å². The predicted molar refractivity (Wildman–Crippen MR) is 269 cm³/mol. The van der Waals surface area contributed by atoms with Gasteiger partial charge in [0.2, 0.25) is 0 Å². The van der Waals surface area contributed by atoms with Gasteiger partial charge in [-0.15, -0.1) is 44.8 Å². The summed E-state index contributed by atoms with van der Waals surface area (Å²) in [4.78, 5) is 0. The number of hydrogen-bond acceptors (Lipinski definition) is 0. The van der Waals surface area contributed by atoms with E-state index < -0.39 is 0 Å². The Morgan fingerprint density at radius 1 is 0.406 bits per heavy atom. The van der Waals surface area contributed by atoms with Gasteiger partial charge in [-0.1, -0.05) is 175 Å². The van der Waals surface area contributed by atoms with Gasteiger partial charge in [0.15, 0.2) is 0 Å². The molecule has 64 heavy (non-hydrogen) atoms. The average Bonchev–Trinajstić information content (AvgIpc) is 4.09. The molecule has 4 heteroatoms. The number of halogens is 2. The second-order valence-corrected chi connectivity index (χ2v) is 28.9. The van der Waals surface area contributed by atoms with Crippen LogP contribution in [0.25, 0.3) is 66.1 Å². The van der Waals surface area contributed by atoms with Crippen LogP contribution in [0.2, 0.25) is 13.1 Å². The van der Waals surface area contributed by atoms with Crippen molar-refractivity contribution in [2.24, 2.45) is 11.8 Å². The molecule has 2 saturated carbocycles. The summed E-state index contributed by atoms with van der Waals surface area (Å²) >= 11 is 1.74. The summed E-state index contributed by atoms with van der Waals surface area (Å²) in [5, 5.41) is 5.62. The maximum atomic E-state index is 2.47. The fraction of sp³-hybridized carbons (Fsp3) is 0.300. The summed E-state index contributed by atoms with van der Waals surface area (Å²) in [7, 11) is 0.